The Hall–Kier alpha value is -3.67. The van der Waals surface area contributed by atoms with Gasteiger partial charge in [0, 0.05) is 55.1 Å². The molecule has 33 heavy (non-hydrogen) atoms. The van der Waals surface area contributed by atoms with Crippen molar-refractivity contribution in [1.82, 2.24) is 30.5 Å². The minimum Gasteiger partial charge on any atom is -0.437 e. The lowest BCUT2D eigenvalue weighted by atomic mass is 10.2. The Labute approximate surface area is 189 Å². The highest BCUT2D eigenvalue weighted by Gasteiger charge is 2.22. The molecule has 1 aliphatic heterocycles. The lowest BCUT2D eigenvalue weighted by molar-refractivity contribution is 0.213. The van der Waals surface area contributed by atoms with E-state index in [2.05, 4.69) is 36.1 Å². The molecule has 1 aliphatic rings. The molecule has 0 spiro atoms. The van der Waals surface area contributed by atoms with Crippen LogP contribution in [0.15, 0.2) is 23.3 Å². The van der Waals surface area contributed by atoms with Gasteiger partial charge in [-0.25, -0.2) is 14.3 Å². The van der Waals surface area contributed by atoms with Gasteiger partial charge in [0.2, 0.25) is 5.75 Å². The van der Waals surface area contributed by atoms with Gasteiger partial charge in [0.25, 0.3) is 0 Å². The van der Waals surface area contributed by atoms with Crippen LogP contribution < -0.4 is 15.7 Å². The molecule has 0 unspecified atom stereocenters. The normalized spacial score (nSPS) is 15.2. The molecule has 4 rings (SSSR count). The third-order valence-corrected chi connectivity index (χ3v) is 5.39. The van der Waals surface area contributed by atoms with Crippen molar-refractivity contribution >= 4 is 28.5 Å². The smallest absolute Gasteiger partial charge is 0.201 e. The van der Waals surface area contributed by atoms with E-state index in [1.165, 1.54) is 6.07 Å². The van der Waals surface area contributed by atoms with Crippen molar-refractivity contribution in [3.8, 4) is 5.75 Å². The lowest BCUT2D eigenvalue weighted by Gasteiger charge is -2.34. The van der Waals surface area contributed by atoms with E-state index in [0.717, 1.165) is 18.8 Å². The van der Waals surface area contributed by atoms with Gasteiger partial charge in [0.05, 0.1) is 11.9 Å². The first kappa shape index (κ1) is 22.5. The van der Waals surface area contributed by atoms with E-state index in [9.17, 15) is 8.78 Å². The van der Waals surface area contributed by atoms with Gasteiger partial charge in [-0.05, 0) is 27.0 Å². The molecule has 3 aromatic rings. The second kappa shape index (κ2) is 9.45. The van der Waals surface area contributed by atoms with E-state index < -0.39 is 17.4 Å². The van der Waals surface area contributed by atoms with Crippen LogP contribution in [-0.2, 0) is 0 Å². The lowest BCUT2D eigenvalue weighted by Crippen LogP contribution is -2.48. The van der Waals surface area contributed by atoms with Crippen LogP contribution in [0.25, 0.3) is 10.9 Å². The number of hydrogen-bond donors (Lipinski definition) is 5. The second-order valence-corrected chi connectivity index (χ2v) is 8.11. The van der Waals surface area contributed by atoms with Gasteiger partial charge in [-0.3, -0.25) is 15.9 Å². The van der Waals surface area contributed by atoms with E-state index in [4.69, 9.17) is 10.1 Å². The van der Waals surface area contributed by atoms with E-state index in [0.29, 0.717) is 36.0 Å². The van der Waals surface area contributed by atoms with Crippen LogP contribution in [-0.4, -0.2) is 69.9 Å². The van der Waals surface area contributed by atoms with Crippen molar-refractivity contribution < 1.29 is 13.5 Å². The van der Waals surface area contributed by atoms with Crippen molar-refractivity contribution in [1.29, 1.82) is 5.41 Å². The standard InChI is InChI=1S/C21H27F2N9O/c1-12-8-14-16(25-12)10-15(22)21(20(14)23)33-17(24)11-19(32-6-4-31(3)5-7-32)29-30-28-18-9-13(2)26-27-18/h8-10,24-25,30H,4-7,11H2,1-3H3,(H2,26,27,28)/b24-17?,29-19-. The molecule has 1 aromatic carbocycles. The Morgan fingerprint density at radius 3 is 2.64 bits per heavy atom. The van der Waals surface area contributed by atoms with Crippen LogP contribution in [0.2, 0.25) is 0 Å². The number of piperazine rings is 1. The molecule has 0 amide bonds. The summed E-state index contributed by atoms with van der Waals surface area (Å²) in [5.74, 6) is -1.58. The Bertz CT molecular complexity index is 1180. The van der Waals surface area contributed by atoms with Crippen LogP contribution in [0.4, 0.5) is 14.6 Å². The number of nitrogens with zero attached hydrogens (tertiary/aromatic N) is 4. The molecule has 176 valence electrons. The van der Waals surface area contributed by atoms with Crippen molar-refractivity contribution in [2.45, 2.75) is 20.3 Å². The number of hydrazine groups is 1. The van der Waals surface area contributed by atoms with E-state index in [1.807, 2.05) is 18.9 Å². The summed E-state index contributed by atoms with van der Waals surface area (Å²) in [7, 11) is 2.03. The zero-order chi connectivity index (χ0) is 23.5. The molecule has 0 atom stereocenters. The summed E-state index contributed by atoms with van der Waals surface area (Å²) in [5.41, 5.74) is 7.52. The number of H-pyrrole nitrogens is 2. The number of aromatic amines is 2. The van der Waals surface area contributed by atoms with Crippen molar-refractivity contribution in [2.24, 2.45) is 5.10 Å². The fraction of sp³-hybridized carbons (Fsp3) is 0.381. The molecule has 0 aliphatic carbocycles. The Balaban J connectivity index is 1.49. The summed E-state index contributed by atoms with van der Waals surface area (Å²) in [6, 6.07) is 4.54. The molecule has 2 aromatic heterocycles. The Morgan fingerprint density at radius 1 is 1.18 bits per heavy atom. The molecule has 0 radical (unpaired) electrons. The summed E-state index contributed by atoms with van der Waals surface area (Å²) in [6.45, 7) is 6.67. The molecular formula is C21H27F2N9O. The number of likely N-dealkylation sites (N-methyl/N-ethyl adjacent to an activating group) is 1. The van der Waals surface area contributed by atoms with Crippen molar-refractivity contribution in [2.75, 3.05) is 38.7 Å². The van der Waals surface area contributed by atoms with Gasteiger partial charge in [-0.15, -0.1) is 5.10 Å². The number of rotatable bonds is 6. The SMILES string of the molecule is Cc1cc(NN/N=C(/CC(=N)Oc2c(F)cc3[nH]c(C)cc3c2F)N2CCN(C)CC2)n[nH]1. The van der Waals surface area contributed by atoms with Gasteiger partial charge in [-0.1, -0.05) is 0 Å². The number of aryl methyl sites for hydroxylation is 2. The first-order valence-electron chi connectivity index (χ1n) is 10.6. The molecule has 12 heteroatoms. The van der Waals surface area contributed by atoms with Crippen LogP contribution >= 0.6 is 0 Å². The zero-order valence-corrected chi connectivity index (χ0v) is 18.7. The summed E-state index contributed by atoms with van der Waals surface area (Å²) in [5, 5.41) is 19.7. The third-order valence-electron chi connectivity index (χ3n) is 5.39. The number of hydrazone groups is 1. The van der Waals surface area contributed by atoms with Gasteiger partial charge in [0.1, 0.15) is 5.84 Å². The minimum absolute atomic E-state index is 0.0545. The highest BCUT2D eigenvalue weighted by molar-refractivity contribution is 5.99. The maximum Gasteiger partial charge on any atom is 0.201 e. The van der Waals surface area contributed by atoms with Crippen molar-refractivity contribution in [3.63, 3.8) is 0 Å². The summed E-state index contributed by atoms with van der Waals surface area (Å²) < 4.78 is 34.7. The zero-order valence-electron chi connectivity index (χ0n) is 18.7. The molecule has 3 heterocycles. The monoisotopic (exact) mass is 459 g/mol. The van der Waals surface area contributed by atoms with Crippen molar-refractivity contribution in [3.05, 3.63) is 41.2 Å². The van der Waals surface area contributed by atoms with Gasteiger partial charge >= 0.3 is 0 Å². The quantitative estimate of drug-likeness (QED) is 0.220. The number of fused-ring (bicyclic) bond motifs is 1. The predicted molar refractivity (Wildman–Crippen MR) is 123 cm³/mol. The van der Waals surface area contributed by atoms with Crippen LogP contribution in [0, 0.1) is 30.9 Å². The predicted octanol–water partition coefficient (Wildman–Crippen LogP) is 2.71. The topological polar surface area (TPSA) is 120 Å². The maximum absolute atomic E-state index is 14.9. The molecule has 1 fully saturated rings. The number of amidine groups is 1. The summed E-state index contributed by atoms with van der Waals surface area (Å²) in [4.78, 5) is 7.09. The highest BCUT2D eigenvalue weighted by atomic mass is 19.1. The number of halogens is 2. The van der Waals surface area contributed by atoms with Crippen LogP contribution in [0.5, 0.6) is 5.75 Å². The van der Waals surface area contributed by atoms with Crippen LogP contribution in [0.1, 0.15) is 17.8 Å². The number of hydrogen-bond acceptors (Lipinski definition) is 7. The number of ether oxygens (including phenoxy) is 1. The molecule has 0 saturated carbocycles. The number of anilines is 1. The molecule has 0 bridgehead atoms. The first-order valence-corrected chi connectivity index (χ1v) is 10.6. The first-order chi connectivity index (χ1) is 15.8. The van der Waals surface area contributed by atoms with Gasteiger partial charge in [-0.2, -0.15) is 5.10 Å². The van der Waals surface area contributed by atoms with Crippen LogP contribution in [0.3, 0.4) is 0 Å². The Kier molecular flexibility index (Phi) is 6.45. The fourth-order valence-electron chi connectivity index (χ4n) is 3.64. The van der Waals surface area contributed by atoms with E-state index >= 15 is 0 Å². The molecule has 10 nitrogen and oxygen atoms in total. The fourth-order valence-corrected chi connectivity index (χ4v) is 3.64. The maximum atomic E-state index is 14.9. The van der Waals surface area contributed by atoms with E-state index in [1.54, 1.807) is 19.1 Å². The Morgan fingerprint density at radius 2 is 1.94 bits per heavy atom. The highest BCUT2D eigenvalue weighted by Crippen LogP contribution is 2.30. The van der Waals surface area contributed by atoms with Gasteiger partial charge in [0.15, 0.2) is 23.4 Å². The second-order valence-electron chi connectivity index (χ2n) is 8.11. The molecular weight excluding hydrogens is 432 g/mol. The molecule has 5 N–H and O–H groups in total. The number of aromatic nitrogens is 3. The minimum atomic E-state index is -0.877. The molecule has 1 saturated heterocycles. The largest absolute Gasteiger partial charge is 0.437 e. The van der Waals surface area contributed by atoms with Gasteiger partial charge < -0.3 is 19.5 Å². The summed E-state index contributed by atoms with van der Waals surface area (Å²) in [6.07, 6.45) is -0.0545. The number of nitrogens with one attached hydrogen (secondary N) is 5. The number of benzene rings is 1. The summed E-state index contributed by atoms with van der Waals surface area (Å²) >= 11 is 0. The van der Waals surface area contributed by atoms with E-state index in [-0.39, 0.29) is 17.7 Å². The average molecular weight is 460 g/mol. The third kappa shape index (κ3) is 5.22. The average Bonchev–Trinajstić information content (AvgIpc) is 3.35.